The molecule has 0 aliphatic carbocycles. The Morgan fingerprint density at radius 1 is 1.48 bits per heavy atom. The topological polar surface area (TPSA) is 62.5 Å². The van der Waals surface area contributed by atoms with E-state index in [-0.39, 0.29) is 5.91 Å². The largest absolute Gasteiger partial charge is 0.337 e. The molecule has 3 rings (SSSR count). The van der Waals surface area contributed by atoms with Crippen LogP contribution in [0.2, 0.25) is 0 Å². The average Bonchev–Trinajstić information content (AvgIpc) is 2.96. The van der Waals surface area contributed by atoms with Gasteiger partial charge in [0.1, 0.15) is 0 Å². The molecule has 21 heavy (non-hydrogen) atoms. The van der Waals surface area contributed by atoms with Gasteiger partial charge in [0.05, 0.1) is 23.5 Å². The molecule has 1 saturated heterocycles. The third kappa shape index (κ3) is 2.90. The van der Waals surface area contributed by atoms with Gasteiger partial charge in [-0.1, -0.05) is 6.92 Å². The van der Waals surface area contributed by atoms with Crippen molar-refractivity contribution in [2.45, 2.75) is 32.2 Å². The number of amides is 1. The number of piperidine rings is 1. The Morgan fingerprint density at radius 3 is 3.24 bits per heavy atom. The maximum Gasteiger partial charge on any atom is 0.257 e. The zero-order valence-electron chi connectivity index (χ0n) is 12.3. The molecule has 1 fully saturated rings. The third-order valence-corrected chi connectivity index (χ3v) is 3.95. The molecule has 0 radical (unpaired) electrons. The molecule has 0 saturated carbocycles. The highest BCUT2D eigenvalue weighted by Crippen LogP contribution is 2.16. The molecule has 0 spiro atoms. The van der Waals surface area contributed by atoms with Crippen LogP contribution in [0, 0.1) is 0 Å². The standard InChI is InChI=1S/C15H21N5O/c1-2-5-17-12-4-3-7-19(11-12)15(21)13-9-18-20-8-6-16-10-14(13)20/h6,8-10,12,17H,2-5,7,11H2,1H3. The maximum atomic E-state index is 12.7. The van der Waals surface area contributed by atoms with E-state index in [1.807, 2.05) is 4.90 Å². The molecule has 6 heteroatoms. The van der Waals surface area contributed by atoms with Crippen molar-refractivity contribution < 1.29 is 4.79 Å². The second-order valence-corrected chi connectivity index (χ2v) is 5.51. The Bertz CT molecular complexity index is 623. The molecule has 2 aromatic rings. The molecule has 0 bridgehead atoms. The van der Waals surface area contributed by atoms with E-state index >= 15 is 0 Å². The third-order valence-electron chi connectivity index (χ3n) is 3.95. The van der Waals surface area contributed by atoms with Crippen molar-refractivity contribution in [1.29, 1.82) is 0 Å². The van der Waals surface area contributed by atoms with Crippen LogP contribution in [0.15, 0.2) is 24.8 Å². The molecule has 1 aliphatic heterocycles. The predicted octanol–water partition coefficient (Wildman–Crippen LogP) is 1.33. The number of fused-ring (bicyclic) bond motifs is 1. The van der Waals surface area contributed by atoms with E-state index in [4.69, 9.17) is 0 Å². The lowest BCUT2D eigenvalue weighted by molar-refractivity contribution is 0.0697. The van der Waals surface area contributed by atoms with E-state index in [0.29, 0.717) is 11.6 Å². The molecule has 1 amide bonds. The fourth-order valence-electron chi connectivity index (χ4n) is 2.85. The smallest absolute Gasteiger partial charge is 0.257 e. The van der Waals surface area contributed by atoms with Gasteiger partial charge < -0.3 is 10.2 Å². The average molecular weight is 287 g/mol. The summed E-state index contributed by atoms with van der Waals surface area (Å²) in [6.07, 6.45) is 10.1. The lowest BCUT2D eigenvalue weighted by atomic mass is 10.0. The van der Waals surface area contributed by atoms with E-state index < -0.39 is 0 Å². The Balaban J connectivity index is 1.75. The van der Waals surface area contributed by atoms with Crippen molar-refractivity contribution in [3.8, 4) is 0 Å². The molecule has 1 aliphatic rings. The summed E-state index contributed by atoms with van der Waals surface area (Å²) in [5.74, 6) is 0.0565. The molecular formula is C15H21N5O. The van der Waals surface area contributed by atoms with Crippen LogP contribution in [0.25, 0.3) is 5.52 Å². The second kappa shape index (κ2) is 6.22. The van der Waals surface area contributed by atoms with Gasteiger partial charge in [-0.3, -0.25) is 9.78 Å². The van der Waals surface area contributed by atoms with Crippen molar-refractivity contribution in [2.24, 2.45) is 0 Å². The number of carbonyl (C=O) groups excluding carboxylic acids is 1. The number of aromatic nitrogens is 3. The molecule has 1 N–H and O–H groups in total. The van der Waals surface area contributed by atoms with Crippen molar-refractivity contribution in [2.75, 3.05) is 19.6 Å². The van der Waals surface area contributed by atoms with E-state index in [1.165, 1.54) is 0 Å². The van der Waals surface area contributed by atoms with E-state index in [2.05, 4.69) is 22.3 Å². The first-order valence-corrected chi connectivity index (χ1v) is 7.59. The summed E-state index contributed by atoms with van der Waals surface area (Å²) in [5, 5.41) is 7.73. The number of rotatable bonds is 4. The highest BCUT2D eigenvalue weighted by Gasteiger charge is 2.25. The van der Waals surface area contributed by atoms with Gasteiger partial charge in [-0.2, -0.15) is 5.10 Å². The van der Waals surface area contributed by atoms with E-state index in [1.54, 1.807) is 29.3 Å². The van der Waals surface area contributed by atoms with Crippen molar-refractivity contribution in [1.82, 2.24) is 24.8 Å². The van der Waals surface area contributed by atoms with Gasteiger partial charge in [0.25, 0.3) is 5.91 Å². The predicted molar refractivity (Wildman–Crippen MR) is 80.2 cm³/mol. The summed E-state index contributed by atoms with van der Waals surface area (Å²) < 4.78 is 1.69. The quantitative estimate of drug-likeness (QED) is 0.921. The fourth-order valence-corrected chi connectivity index (χ4v) is 2.85. The lowest BCUT2D eigenvalue weighted by Crippen LogP contribution is -2.48. The van der Waals surface area contributed by atoms with Crippen molar-refractivity contribution in [3.63, 3.8) is 0 Å². The number of hydrogen-bond acceptors (Lipinski definition) is 4. The van der Waals surface area contributed by atoms with Crippen molar-refractivity contribution >= 4 is 11.4 Å². The summed E-state index contributed by atoms with van der Waals surface area (Å²) in [7, 11) is 0. The molecular weight excluding hydrogens is 266 g/mol. The Hall–Kier alpha value is -1.95. The Labute approximate surface area is 124 Å². The normalized spacial score (nSPS) is 19.1. The number of nitrogens with one attached hydrogen (secondary N) is 1. The summed E-state index contributed by atoms with van der Waals surface area (Å²) in [5.41, 5.74) is 1.41. The first-order chi connectivity index (χ1) is 10.3. The fraction of sp³-hybridized carbons (Fsp3) is 0.533. The first kappa shape index (κ1) is 14.0. The lowest BCUT2D eigenvalue weighted by Gasteiger charge is -2.33. The first-order valence-electron chi connectivity index (χ1n) is 7.59. The van der Waals surface area contributed by atoms with Crippen LogP contribution >= 0.6 is 0 Å². The number of likely N-dealkylation sites (tertiary alicyclic amines) is 1. The highest BCUT2D eigenvalue weighted by atomic mass is 16.2. The van der Waals surface area contributed by atoms with Gasteiger partial charge in [0.15, 0.2) is 0 Å². The van der Waals surface area contributed by atoms with Crippen LogP contribution in [0.5, 0.6) is 0 Å². The number of hydrogen-bond donors (Lipinski definition) is 1. The van der Waals surface area contributed by atoms with Crippen LogP contribution < -0.4 is 5.32 Å². The number of nitrogens with zero attached hydrogens (tertiary/aromatic N) is 4. The molecule has 0 aromatic carbocycles. The van der Waals surface area contributed by atoms with Crippen LogP contribution in [0.1, 0.15) is 36.5 Å². The van der Waals surface area contributed by atoms with E-state index in [9.17, 15) is 4.79 Å². The minimum atomic E-state index is 0.0565. The minimum absolute atomic E-state index is 0.0565. The highest BCUT2D eigenvalue weighted by molar-refractivity contribution is 6.00. The summed E-state index contributed by atoms with van der Waals surface area (Å²) in [6.45, 7) is 4.76. The van der Waals surface area contributed by atoms with Gasteiger partial charge in [0.2, 0.25) is 0 Å². The molecule has 112 valence electrons. The molecule has 6 nitrogen and oxygen atoms in total. The zero-order chi connectivity index (χ0) is 14.7. The van der Waals surface area contributed by atoms with Crippen LogP contribution in [0.3, 0.4) is 0 Å². The summed E-state index contributed by atoms with van der Waals surface area (Å²) in [4.78, 5) is 18.7. The monoisotopic (exact) mass is 287 g/mol. The Kier molecular flexibility index (Phi) is 4.15. The maximum absolute atomic E-state index is 12.7. The molecule has 1 atom stereocenters. The molecule has 2 aromatic heterocycles. The number of carbonyl (C=O) groups is 1. The summed E-state index contributed by atoms with van der Waals surface area (Å²) in [6, 6.07) is 0.405. The SMILES string of the molecule is CCCNC1CCCN(C(=O)c2cnn3ccncc23)C1. The van der Waals surface area contributed by atoms with Crippen molar-refractivity contribution in [3.05, 3.63) is 30.4 Å². The minimum Gasteiger partial charge on any atom is -0.337 e. The summed E-state index contributed by atoms with van der Waals surface area (Å²) >= 11 is 0. The van der Waals surface area contributed by atoms with Gasteiger partial charge in [-0.15, -0.1) is 0 Å². The molecule has 1 unspecified atom stereocenters. The molecule has 3 heterocycles. The van der Waals surface area contributed by atoms with E-state index in [0.717, 1.165) is 44.4 Å². The van der Waals surface area contributed by atoms with Crippen LogP contribution in [-0.4, -0.2) is 51.1 Å². The Morgan fingerprint density at radius 2 is 2.38 bits per heavy atom. The van der Waals surface area contributed by atoms with Gasteiger partial charge in [0, 0.05) is 31.5 Å². The van der Waals surface area contributed by atoms with Gasteiger partial charge in [-0.05, 0) is 25.8 Å². The van der Waals surface area contributed by atoms with Crippen LogP contribution in [-0.2, 0) is 0 Å². The zero-order valence-corrected chi connectivity index (χ0v) is 12.3. The van der Waals surface area contributed by atoms with Crippen LogP contribution in [0.4, 0.5) is 0 Å². The van der Waals surface area contributed by atoms with Gasteiger partial charge >= 0.3 is 0 Å². The van der Waals surface area contributed by atoms with Gasteiger partial charge in [-0.25, -0.2) is 4.52 Å². The second-order valence-electron chi connectivity index (χ2n) is 5.51.